The van der Waals surface area contributed by atoms with Gasteiger partial charge in [0, 0.05) is 31.5 Å². The van der Waals surface area contributed by atoms with Crippen molar-refractivity contribution in [1.29, 1.82) is 0 Å². The summed E-state index contributed by atoms with van der Waals surface area (Å²) < 4.78 is 10.8. The second kappa shape index (κ2) is 10.1. The van der Waals surface area contributed by atoms with Crippen molar-refractivity contribution in [2.24, 2.45) is 5.92 Å². The lowest BCUT2D eigenvalue weighted by atomic mass is 9.98. The highest BCUT2D eigenvalue weighted by Gasteiger charge is 2.35. The molecule has 2 fully saturated rings. The second-order valence-electron chi connectivity index (χ2n) is 9.68. The zero-order valence-corrected chi connectivity index (χ0v) is 19.5. The summed E-state index contributed by atoms with van der Waals surface area (Å²) >= 11 is 0. The molecule has 2 N–H and O–H groups in total. The Kier molecular flexibility index (Phi) is 6.72. The largest absolute Gasteiger partial charge is 0.480 e. The number of fused-ring (bicyclic) bond motifs is 3. The zero-order valence-electron chi connectivity index (χ0n) is 19.5. The molecule has 2 aliphatic carbocycles. The van der Waals surface area contributed by atoms with Crippen LogP contribution >= 0.6 is 0 Å². The van der Waals surface area contributed by atoms with Crippen molar-refractivity contribution in [3.63, 3.8) is 0 Å². The molecule has 2 unspecified atom stereocenters. The fraction of sp³-hybridized carbons (Fsp3) is 0.444. The first-order valence-electron chi connectivity index (χ1n) is 12.2. The third-order valence-electron chi connectivity index (χ3n) is 7.31. The Hall–Kier alpha value is -3.39. The van der Waals surface area contributed by atoms with Crippen molar-refractivity contribution < 1.29 is 29.0 Å². The van der Waals surface area contributed by atoms with Crippen molar-refractivity contribution in [2.45, 2.75) is 43.7 Å². The Morgan fingerprint density at radius 3 is 2.29 bits per heavy atom. The van der Waals surface area contributed by atoms with Gasteiger partial charge < -0.3 is 24.8 Å². The fourth-order valence-corrected chi connectivity index (χ4v) is 5.51. The van der Waals surface area contributed by atoms with Crippen LogP contribution in [0.4, 0.5) is 4.79 Å². The number of amides is 2. The summed E-state index contributed by atoms with van der Waals surface area (Å²) in [6.45, 7) is 0.841. The average molecular weight is 479 g/mol. The van der Waals surface area contributed by atoms with E-state index in [1.54, 1.807) is 4.90 Å². The molecule has 2 amide bonds. The maximum Gasteiger partial charge on any atom is 0.407 e. The minimum atomic E-state index is -1.00. The molecule has 1 aliphatic heterocycles. The van der Waals surface area contributed by atoms with Crippen molar-refractivity contribution in [1.82, 2.24) is 10.2 Å². The van der Waals surface area contributed by atoms with Gasteiger partial charge in [0.25, 0.3) is 0 Å². The molecule has 1 saturated heterocycles. The highest BCUT2D eigenvalue weighted by atomic mass is 16.5. The lowest BCUT2D eigenvalue weighted by Crippen LogP contribution is -2.55. The van der Waals surface area contributed by atoms with Gasteiger partial charge in [-0.3, -0.25) is 4.79 Å². The van der Waals surface area contributed by atoms with Crippen molar-refractivity contribution in [3.05, 3.63) is 59.7 Å². The van der Waals surface area contributed by atoms with Crippen LogP contribution in [-0.2, 0) is 19.1 Å². The van der Waals surface area contributed by atoms with E-state index >= 15 is 0 Å². The quantitative estimate of drug-likeness (QED) is 0.603. The first-order valence-corrected chi connectivity index (χ1v) is 12.2. The minimum Gasteiger partial charge on any atom is -0.480 e. The van der Waals surface area contributed by atoms with Crippen LogP contribution < -0.4 is 5.32 Å². The molecule has 3 aliphatic rings. The minimum absolute atomic E-state index is 0.00601. The molecule has 2 atom stereocenters. The standard InChI is InChI=1S/C27H30N2O6/c30-25(29-13-19(14-29)34-16-26(31)32)12-17-9-10-18(11-17)28-27(33)35-15-24-22-7-3-1-5-20(22)21-6-2-4-8-23(21)24/h1-8,17-19,24H,9-16H2,(H,28,33)(H,31,32). The molecular formula is C27H30N2O6. The molecule has 0 radical (unpaired) electrons. The molecule has 2 aromatic rings. The molecule has 184 valence electrons. The zero-order chi connectivity index (χ0) is 24.4. The average Bonchev–Trinajstić information content (AvgIpc) is 3.38. The predicted octanol–water partition coefficient (Wildman–Crippen LogP) is 3.40. The third-order valence-corrected chi connectivity index (χ3v) is 7.31. The molecule has 0 bridgehead atoms. The molecular weight excluding hydrogens is 448 g/mol. The lowest BCUT2D eigenvalue weighted by Gasteiger charge is -2.39. The Labute approximate surface area is 204 Å². The topological polar surface area (TPSA) is 105 Å². The molecule has 0 aromatic heterocycles. The van der Waals surface area contributed by atoms with Gasteiger partial charge >= 0.3 is 12.1 Å². The van der Waals surface area contributed by atoms with Crippen LogP contribution in [0, 0.1) is 5.92 Å². The number of hydrogen-bond donors (Lipinski definition) is 2. The summed E-state index contributed by atoms with van der Waals surface area (Å²) in [7, 11) is 0. The van der Waals surface area contributed by atoms with Gasteiger partial charge in [0.05, 0.1) is 6.10 Å². The molecule has 8 nitrogen and oxygen atoms in total. The maximum atomic E-state index is 12.6. The first-order chi connectivity index (χ1) is 17.0. The van der Waals surface area contributed by atoms with Gasteiger partial charge in [-0.2, -0.15) is 0 Å². The highest BCUT2D eigenvalue weighted by molar-refractivity contribution is 5.79. The van der Waals surface area contributed by atoms with Gasteiger partial charge in [-0.25, -0.2) is 9.59 Å². The van der Waals surface area contributed by atoms with Gasteiger partial charge in [0.1, 0.15) is 13.2 Å². The van der Waals surface area contributed by atoms with Crippen molar-refractivity contribution in [2.75, 3.05) is 26.3 Å². The van der Waals surface area contributed by atoms with E-state index in [0.29, 0.717) is 19.5 Å². The Bertz CT molecular complexity index is 1070. The van der Waals surface area contributed by atoms with Crippen LogP contribution in [0.3, 0.4) is 0 Å². The van der Waals surface area contributed by atoms with Crippen LogP contribution in [-0.4, -0.2) is 66.4 Å². The van der Waals surface area contributed by atoms with E-state index < -0.39 is 12.1 Å². The van der Waals surface area contributed by atoms with E-state index in [1.165, 1.54) is 22.3 Å². The SMILES string of the molecule is O=C(O)COC1CN(C(=O)CC2CCC(NC(=O)OCC3c4ccccc4-c4ccccc43)C2)C1. The first kappa shape index (κ1) is 23.4. The van der Waals surface area contributed by atoms with Crippen LogP contribution in [0.1, 0.15) is 42.7 Å². The number of aliphatic carboxylic acids is 1. The summed E-state index contributed by atoms with van der Waals surface area (Å²) in [6.07, 6.45) is 2.29. The van der Waals surface area contributed by atoms with Crippen molar-refractivity contribution >= 4 is 18.0 Å². The summed E-state index contributed by atoms with van der Waals surface area (Å²) in [5.74, 6) is -0.690. The van der Waals surface area contributed by atoms with E-state index in [2.05, 4.69) is 29.6 Å². The summed E-state index contributed by atoms with van der Waals surface area (Å²) in [5.41, 5.74) is 4.76. The van der Waals surface area contributed by atoms with E-state index in [4.69, 9.17) is 14.6 Å². The van der Waals surface area contributed by atoms with Gasteiger partial charge in [-0.15, -0.1) is 0 Å². The number of carbonyl (C=O) groups excluding carboxylic acids is 2. The molecule has 35 heavy (non-hydrogen) atoms. The highest BCUT2D eigenvalue weighted by Crippen LogP contribution is 2.44. The molecule has 0 spiro atoms. The number of ether oxygens (including phenoxy) is 2. The van der Waals surface area contributed by atoms with E-state index in [0.717, 1.165) is 19.3 Å². The Balaban J connectivity index is 1.05. The molecule has 1 heterocycles. The van der Waals surface area contributed by atoms with E-state index in [-0.39, 0.29) is 43.1 Å². The number of rotatable bonds is 8. The molecule has 1 saturated carbocycles. The van der Waals surface area contributed by atoms with E-state index in [9.17, 15) is 14.4 Å². The van der Waals surface area contributed by atoms with Crippen LogP contribution in [0.2, 0.25) is 0 Å². The number of carboxylic acid groups (broad SMARTS) is 1. The Morgan fingerprint density at radius 1 is 0.971 bits per heavy atom. The van der Waals surface area contributed by atoms with Gasteiger partial charge in [-0.1, -0.05) is 48.5 Å². The number of likely N-dealkylation sites (tertiary alicyclic amines) is 1. The number of carbonyl (C=O) groups is 3. The van der Waals surface area contributed by atoms with Crippen molar-refractivity contribution in [3.8, 4) is 11.1 Å². The number of nitrogens with one attached hydrogen (secondary N) is 1. The van der Waals surface area contributed by atoms with Gasteiger partial charge in [-0.05, 0) is 47.4 Å². The second-order valence-corrected chi connectivity index (χ2v) is 9.68. The molecule has 2 aromatic carbocycles. The smallest absolute Gasteiger partial charge is 0.407 e. The van der Waals surface area contributed by atoms with E-state index in [1.807, 2.05) is 24.3 Å². The summed E-state index contributed by atoms with van der Waals surface area (Å²) in [4.78, 5) is 37.3. The molecule has 5 rings (SSSR count). The Morgan fingerprint density at radius 2 is 1.63 bits per heavy atom. The normalized spacial score (nSPS) is 21.2. The van der Waals surface area contributed by atoms with Crippen LogP contribution in [0.5, 0.6) is 0 Å². The van der Waals surface area contributed by atoms with Gasteiger partial charge in [0.15, 0.2) is 0 Å². The fourth-order valence-electron chi connectivity index (χ4n) is 5.51. The predicted molar refractivity (Wildman–Crippen MR) is 128 cm³/mol. The monoisotopic (exact) mass is 478 g/mol. The number of alkyl carbamates (subject to hydrolysis) is 1. The lowest BCUT2D eigenvalue weighted by molar-refractivity contribution is -0.154. The number of hydrogen-bond acceptors (Lipinski definition) is 5. The number of nitrogens with zero attached hydrogens (tertiary/aromatic N) is 1. The van der Waals surface area contributed by atoms with Crippen LogP contribution in [0.15, 0.2) is 48.5 Å². The van der Waals surface area contributed by atoms with Crippen LogP contribution in [0.25, 0.3) is 11.1 Å². The maximum absolute atomic E-state index is 12.6. The number of carboxylic acids is 1. The number of benzene rings is 2. The summed E-state index contributed by atoms with van der Waals surface area (Å²) in [6, 6.07) is 16.5. The van der Waals surface area contributed by atoms with Gasteiger partial charge in [0.2, 0.25) is 5.91 Å². The third kappa shape index (κ3) is 5.17. The summed E-state index contributed by atoms with van der Waals surface area (Å²) in [5, 5.41) is 11.6. The molecule has 8 heteroatoms.